The molecule has 30 heavy (non-hydrogen) atoms. The molecule has 0 aliphatic carbocycles. The average molecular weight is 443 g/mol. The Morgan fingerprint density at radius 2 is 2.07 bits per heavy atom. The SMILES string of the molecule is C=CCn1c(COc2cccc(C)c2)nnc1SCC(=O)Nc1cccc(Cl)c1C. The van der Waals surface area contributed by atoms with E-state index in [2.05, 4.69) is 22.1 Å². The molecule has 1 aromatic heterocycles. The van der Waals surface area contributed by atoms with Crippen molar-refractivity contribution < 1.29 is 9.53 Å². The molecule has 0 atom stereocenters. The fraction of sp³-hybridized carbons (Fsp3) is 0.227. The zero-order valence-corrected chi connectivity index (χ0v) is 18.5. The molecule has 0 saturated heterocycles. The van der Waals surface area contributed by atoms with Gasteiger partial charge in [0.05, 0.1) is 5.75 Å². The summed E-state index contributed by atoms with van der Waals surface area (Å²) < 4.78 is 7.74. The molecule has 0 spiro atoms. The lowest BCUT2D eigenvalue weighted by Gasteiger charge is -2.11. The second-order valence-electron chi connectivity index (χ2n) is 6.65. The fourth-order valence-electron chi connectivity index (χ4n) is 2.76. The summed E-state index contributed by atoms with van der Waals surface area (Å²) in [6.07, 6.45) is 1.76. The van der Waals surface area contributed by atoms with Crippen LogP contribution in [0.4, 0.5) is 5.69 Å². The van der Waals surface area contributed by atoms with Gasteiger partial charge >= 0.3 is 0 Å². The first kappa shape index (κ1) is 21.9. The van der Waals surface area contributed by atoms with E-state index in [0.717, 1.165) is 16.9 Å². The van der Waals surface area contributed by atoms with Crippen LogP contribution in [0.3, 0.4) is 0 Å². The number of rotatable bonds is 9. The number of carbonyl (C=O) groups excluding carboxylic acids is 1. The van der Waals surface area contributed by atoms with Crippen LogP contribution >= 0.6 is 23.4 Å². The van der Waals surface area contributed by atoms with Gasteiger partial charge in [0.1, 0.15) is 12.4 Å². The molecule has 3 rings (SSSR count). The molecule has 8 heteroatoms. The van der Waals surface area contributed by atoms with Crippen molar-refractivity contribution in [3.63, 3.8) is 0 Å². The average Bonchev–Trinajstić information content (AvgIpc) is 3.10. The number of thioether (sulfide) groups is 1. The summed E-state index contributed by atoms with van der Waals surface area (Å²) in [7, 11) is 0. The van der Waals surface area contributed by atoms with Crippen LogP contribution < -0.4 is 10.1 Å². The van der Waals surface area contributed by atoms with E-state index in [9.17, 15) is 4.79 Å². The van der Waals surface area contributed by atoms with E-state index in [1.54, 1.807) is 18.2 Å². The van der Waals surface area contributed by atoms with Gasteiger partial charge in [0, 0.05) is 17.3 Å². The van der Waals surface area contributed by atoms with E-state index in [1.807, 2.05) is 48.7 Å². The minimum Gasteiger partial charge on any atom is -0.486 e. The highest BCUT2D eigenvalue weighted by molar-refractivity contribution is 7.99. The number of aromatic nitrogens is 3. The molecule has 3 aromatic rings. The zero-order chi connectivity index (χ0) is 21.5. The maximum absolute atomic E-state index is 12.4. The number of nitrogens with one attached hydrogen (secondary N) is 1. The maximum Gasteiger partial charge on any atom is 0.234 e. The minimum atomic E-state index is -0.143. The molecule has 0 saturated carbocycles. The number of aryl methyl sites for hydroxylation is 1. The Morgan fingerprint density at radius 3 is 2.83 bits per heavy atom. The molecule has 0 fully saturated rings. The molecule has 1 heterocycles. The Bertz CT molecular complexity index is 1050. The van der Waals surface area contributed by atoms with E-state index in [1.165, 1.54) is 11.8 Å². The van der Waals surface area contributed by atoms with Crippen molar-refractivity contribution >= 4 is 35.0 Å². The quantitative estimate of drug-likeness (QED) is 0.371. The van der Waals surface area contributed by atoms with E-state index < -0.39 is 0 Å². The summed E-state index contributed by atoms with van der Waals surface area (Å²) in [5, 5.41) is 12.6. The van der Waals surface area contributed by atoms with E-state index in [-0.39, 0.29) is 18.3 Å². The van der Waals surface area contributed by atoms with Gasteiger partial charge in [0.15, 0.2) is 11.0 Å². The van der Waals surface area contributed by atoms with Crippen LogP contribution in [-0.2, 0) is 17.9 Å². The summed E-state index contributed by atoms with van der Waals surface area (Å²) in [4.78, 5) is 12.4. The Morgan fingerprint density at radius 1 is 1.27 bits per heavy atom. The van der Waals surface area contributed by atoms with Crippen LogP contribution in [0.1, 0.15) is 17.0 Å². The number of amides is 1. The van der Waals surface area contributed by atoms with Crippen molar-refractivity contribution in [3.8, 4) is 5.75 Å². The first-order chi connectivity index (χ1) is 14.5. The Labute approximate surface area is 185 Å². The molecule has 2 aromatic carbocycles. The number of ether oxygens (including phenoxy) is 1. The smallest absolute Gasteiger partial charge is 0.234 e. The predicted octanol–water partition coefficient (Wildman–Crippen LogP) is 5.04. The third kappa shape index (κ3) is 5.64. The molecule has 0 radical (unpaired) electrons. The number of carbonyl (C=O) groups is 1. The molecule has 0 bridgehead atoms. The zero-order valence-electron chi connectivity index (χ0n) is 16.9. The number of anilines is 1. The highest BCUT2D eigenvalue weighted by Gasteiger charge is 2.15. The monoisotopic (exact) mass is 442 g/mol. The lowest BCUT2D eigenvalue weighted by atomic mass is 10.2. The predicted molar refractivity (Wildman–Crippen MR) is 121 cm³/mol. The van der Waals surface area contributed by atoms with Gasteiger partial charge in [-0.05, 0) is 49.2 Å². The molecule has 1 N–H and O–H groups in total. The standard InChI is InChI=1S/C22H23ClN4O2S/c1-4-11-27-20(13-29-17-8-5-7-15(2)12-17)25-26-22(27)30-14-21(28)24-19-10-6-9-18(23)16(19)3/h4-10,12H,1,11,13-14H2,2-3H3,(H,24,28). The molecule has 0 aliphatic heterocycles. The van der Waals surface area contributed by atoms with Crippen LogP contribution in [0.15, 0.2) is 60.3 Å². The van der Waals surface area contributed by atoms with Gasteiger partial charge in [-0.25, -0.2) is 0 Å². The van der Waals surface area contributed by atoms with Crippen LogP contribution in [0.2, 0.25) is 5.02 Å². The molecule has 0 aliphatic rings. The van der Waals surface area contributed by atoms with Crippen molar-refractivity contribution in [2.24, 2.45) is 0 Å². The van der Waals surface area contributed by atoms with Gasteiger partial charge in [-0.2, -0.15) is 0 Å². The number of halogens is 1. The van der Waals surface area contributed by atoms with Gasteiger partial charge in [-0.1, -0.05) is 47.6 Å². The van der Waals surface area contributed by atoms with Crippen molar-refractivity contribution in [2.45, 2.75) is 32.2 Å². The third-order valence-corrected chi connectivity index (χ3v) is 5.71. The van der Waals surface area contributed by atoms with Gasteiger partial charge in [-0.3, -0.25) is 9.36 Å². The highest BCUT2D eigenvalue weighted by atomic mass is 35.5. The lowest BCUT2D eigenvalue weighted by molar-refractivity contribution is -0.113. The summed E-state index contributed by atoms with van der Waals surface area (Å²) >= 11 is 7.42. The maximum atomic E-state index is 12.4. The molecular weight excluding hydrogens is 420 g/mol. The number of nitrogens with zero attached hydrogens (tertiary/aromatic N) is 3. The van der Waals surface area contributed by atoms with E-state index >= 15 is 0 Å². The molecule has 0 unspecified atom stereocenters. The van der Waals surface area contributed by atoms with Crippen molar-refractivity contribution in [1.82, 2.24) is 14.8 Å². The second kappa shape index (κ2) is 10.3. The largest absolute Gasteiger partial charge is 0.486 e. The fourth-order valence-corrected chi connectivity index (χ4v) is 3.70. The molecule has 156 valence electrons. The topological polar surface area (TPSA) is 69.0 Å². The second-order valence-corrected chi connectivity index (χ2v) is 8.00. The third-order valence-electron chi connectivity index (χ3n) is 4.34. The van der Waals surface area contributed by atoms with Crippen LogP contribution in [0.25, 0.3) is 0 Å². The van der Waals surface area contributed by atoms with Crippen LogP contribution in [0.5, 0.6) is 5.75 Å². The number of allylic oxidation sites excluding steroid dienone is 1. The number of benzene rings is 2. The molecule has 6 nitrogen and oxygen atoms in total. The molecule has 1 amide bonds. The minimum absolute atomic E-state index is 0.143. The van der Waals surface area contributed by atoms with Gasteiger partial charge in [-0.15, -0.1) is 16.8 Å². The van der Waals surface area contributed by atoms with Crippen molar-refractivity contribution in [2.75, 3.05) is 11.1 Å². The van der Waals surface area contributed by atoms with Gasteiger partial charge in [0.25, 0.3) is 0 Å². The Hall–Kier alpha value is -2.77. The lowest BCUT2D eigenvalue weighted by Crippen LogP contribution is -2.15. The summed E-state index contributed by atoms with van der Waals surface area (Å²) in [6.45, 7) is 8.48. The van der Waals surface area contributed by atoms with Gasteiger partial charge in [0.2, 0.25) is 5.91 Å². The van der Waals surface area contributed by atoms with Crippen LogP contribution in [0, 0.1) is 13.8 Å². The summed E-state index contributed by atoms with van der Waals surface area (Å²) in [5.74, 6) is 1.50. The Balaban J connectivity index is 1.63. The van der Waals surface area contributed by atoms with Crippen molar-refractivity contribution in [1.29, 1.82) is 0 Å². The highest BCUT2D eigenvalue weighted by Crippen LogP contribution is 2.24. The normalized spacial score (nSPS) is 10.6. The molecular formula is C22H23ClN4O2S. The Kier molecular flexibility index (Phi) is 7.54. The number of hydrogen-bond acceptors (Lipinski definition) is 5. The first-order valence-electron chi connectivity index (χ1n) is 9.38. The van der Waals surface area contributed by atoms with E-state index in [4.69, 9.17) is 16.3 Å². The van der Waals surface area contributed by atoms with Gasteiger partial charge < -0.3 is 10.1 Å². The number of hydrogen-bond donors (Lipinski definition) is 1. The van der Waals surface area contributed by atoms with E-state index in [0.29, 0.717) is 28.2 Å². The van der Waals surface area contributed by atoms with Crippen molar-refractivity contribution in [3.05, 3.63) is 77.1 Å². The first-order valence-corrected chi connectivity index (χ1v) is 10.7. The summed E-state index contributed by atoms with van der Waals surface area (Å²) in [5.41, 5.74) is 2.66. The van der Waals surface area contributed by atoms with Crippen LogP contribution in [-0.4, -0.2) is 26.4 Å². The summed E-state index contributed by atoms with van der Waals surface area (Å²) in [6, 6.07) is 13.2.